The lowest BCUT2D eigenvalue weighted by atomic mass is 10.2. The Hall–Kier alpha value is -0.330. The highest BCUT2D eigenvalue weighted by Crippen LogP contribution is 2.06. The standard InChI is InChI=1S/C7H13F/c1-3-5-6-7(8)4-2/h4H,3,5-6H2,1-2H3/b7-4+. The summed E-state index contributed by atoms with van der Waals surface area (Å²) in [5.41, 5.74) is 0. The first-order valence-electron chi connectivity index (χ1n) is 3.12. The van der Waals surface area contributed by atoms with Gasteiger partial charge in [0.05, 0.1) is 5.83 Å². The molecule has 0 aromatic rings. The molecule has 0 saturated carbocycles. The number of hydrogen-bond acceptors (Lipinski definition) is 0. The van der Waals surface area contributed by atoms with Crippen molar-refractivity contribution in [1.82, 2.24) is 0 Å². The summed E-state index contributed by atoms with van der Waals surface area (Å²) in [6.45, 7) is 3.79. The molecule has 0 aromatic carbocycles. The van der Waals surface area contributed by atoms with Crippen LogP contribution < -0.4 is 0 Å². The minimum Gasteiger partial charge on any atom is -0.212 e. The fourth-order valence-electron chi connectivity index (χ4n) is 0.490. The normalized spacial score (nSPS) is 12.1. The van der Waals surface area contributed by atoms with Crippen molar-refractivity contribution in [2.75, 3.05) is 0 Å². The zero-order valence-electron chi connectivity index (χ0n) is 5.58. The minimum atomic E-state index is 0.0202. The molecule has 0 amide bonds. The molecule has 0 aromatic heterocycles. The Balaban J connectivity index is 3.12. The highest BCUT2D eigenvalue weighted by atomic mass is 19.1. The van der Waals surface area contributed by atoms with Crippen molar-refractivity contribution in [3.05, 3.63) is 11.9 Å². The summed E-state index contributed by atoms with van der Waals surface area (Å²) in [7, 11) is 0. The van der Waals surface area contributed by atoms with E-state index < -0.39 is 0 Å². The van der Waals surface area contributed by atoms with E-state index >= 15 is 0 Å². The molecule has 0 rings (SSSR count). The zero-order chi connectivity index (χ0) is 6.41. The van der Waals surface area contributed by atoms with Crippen LogP contribution in [0.2, 0.25) is 0 Å². The smallest absolute Gasteiger partial charge is 0.0957 e. The van der Waals surface area contributed by atoms with Gasteiger partial charge in [0.2, 0.25) is 0 Å². The van der Waals surface area contributed by atoms with Crippen LogP contribution >= 0.6 is 0 Å². The van der Waals surface area contributed by atoms with E-state index in [1.54, 1.807) is 6.92 Å². The van der Waals surface area contributed by atoms with Gasteiger partial charge in [-0.05, 0) is 19.8 Å². The van der Waals surface area contributed by atoms with Crippen molar-refractivity contribution >= 4 is 0 Å². The Kier molecular flexibility index (Phi) is 4.62. The second kappa shape index (κ2) is 4.82. The van der Waals surface area contributed by atoms with Crippen molar-refractivity contribution in [1.29, 1.82) is 0 Å². The van der Waals surface area contributed by atoms with Gasteiger partial charge in [0, 0.05) is 0 Å². The van der Waals surface area contributed by atoms with Gasteiger partial charge in [-0.2, -0.15) is 0 Å². The predicted octanol–water partition coefficient (Wildman–Crippen LogP) is 3.05. The average molecular weight is 116 g/mol. The summed E-state index contributed by atoms with van der Waals surface area (Å²) in [5.74, 6) is 0.0202. The van der Waals surface area contributed by atoms with Gasteiger partial charge in [-0.3, -0.25) is 0 Å². The monoisotopic (exact) mass is 116 g/mol. The second-order valence-electron chi connectivity index (χ2n) is 1.84. The van der Waals surface area contributed by atoms with Crippen molar-refractivity contribution in [2.24, 2.45) is 0 Å². The lowest BCUT2D eigenvalue weighted by molar-refractivity contribution is 0.568. The van der Waals surface area contributed by atoms with Gasteiger partial charge in [0.25, 0.3) is 0 Å². The van der Waals surface area contributed by atoms with E-state index in [-0.39, 0.29) is 5.83 Å². The van der Waals surface area contributed by atoms with Crippen LogP contribution in [0.15, 0.2) is 11.9 Å². The molecule has 0 aliphatic rings. The summed E-state index contributed by atoms with van der Waals surface area (Å²) in [5, 5.41) is 0. The molecule has 0 unspecified atom stereocenters. The molecule has 0 spiro atoms. The summed E-state index contributed by atoms with van der Waals surface area (Å²) in [4.78, 5) is 0. The molecule has 1 heteroatoms. The topological polar surface area (TPSA) is 0 Å². The quantitative estimate of drug-likeness (QED) is 0.531. The number of allylic oxidation sites excluding steroid dienone is 2. The zero-order valence-corrected chi connectivity index (χ0v) is 5.58. The Morgan fingerprint density at radius 1 is 1.62 bits per heavy atom. The fourth-order valence-corrected chi connectivity index (χ4v) is 0.490. The van der Waals surface area contributed by atoms with Gasteiger partial charge in [0.15, 0.2) is 0 Å². The van der Waals surface area contributed by atoms with Crippen molar-refractivity contribution in [3.63, 3.8) is 0 Å². The molecule has 0 bridgehead atoms. The first-order chi connectivity index (χ1) is 3.81. The Labute approximate surface area is 50.4 Å². The van der Waals surface area contributed by atoms with Crippen LogP contribution in [0.4, 0.5) is 4.39 Å². The van der Waals surface area contributed by atoms with Gasteiger partial charge in [-0.1, -0.05) is 19.4 Å². The molecule has 0 N–H and O–H groups in total. The largest absolute Gasteiger partial charge is 0.212 e. The molecule has 0 heterocycles. The van der Waals surface area contributed by atoms with E-state index in [2.05, 4.69) is 6.92 Å². The lowest BCUT2D eigenvalue weighted by Gasteiger charge is -1.90. The molecule has 0 radical (unpaired) electrons. The van der Waals surface area contributed by atoms with Crippen molar-refractivity contribution in [2.45, 2.75) is 33.1 Å². The Bertz CT molecular complexity index is 74.5. The maximum Gasteiger partial charge on any atom is 0.0957 e. The fraction of sp³-hybridized carbons (Fsp3) is 0.714. The molecule has 8 heavy (non-hydrogen) atoms. The van der Waals surface area contributed by atoms with Crippen molar-refractivity contribution in [3.8, 4) is 0 Å². The lowest BCUT2D eigenvalue weighted by Crippen LogP contribution is -1.72. The maximum atomic E-state index is 12.2. The third kappa shape index (κ3) is 3.85. The van der Waals surface area contributed by atoms with Crippen LogP contribution in [0.5, 0.6) is 0 Å². The SMILES string of the molecule is C/C=C(/F)CCCC. The van der Waals surface area contributed by atoms with Crippen LogP contribution in [0.3, 0.4) is 0 Å². The van der Waals surface area contributed by atoms with Crippen LogP contribution in [0.25, 0.3) is 0 Å². The molecule has 48 valence electrons. The van der Waals surface area contributed by atoms with E-state index in [9.17, 15) is 4.39 Å². The molecule has 0 aliphatic heterocycles. The van der Waals surface area contributed by atoms with E-state index in [1.165, 1.54) is 6.08 Å². The molecule has 0 aliphatic carbocycles. The van der Waals surface area contributed by atoms with Gasteiger partial charge in [-0.15, -0.1) is 0 Å². The van der Waals surface area contributed by atoms with Gasteiger partial charge >= 0.3 is 0 Å². The van der Waals surface area contributed by atoms with E-state index in [4.69, 9.17) is 0 Å². The van der Waals surface area contributed by atoms with Crippen LogP contribution in [-0.2, 0) is 0 Å². The van der Waals surface area contributed by atoms with Crippen LogP contribution in [-0.4, -0.2) is 0 Å². The van der Waals surface area contributed by atoms with Gasteiger partial charge in [-0.25, -0.2) is 4.39 Å². The highest BCUT2D eigenvalue weighted by molar-refractivity contribution is 4.87. The molecule has 0 atom stereocenters. The van der Waals surface area contributed by atoms with Crippen LogP contribution in [0.1, 0.15) is 33.1 Å². The summed E-state index contributed by atoms with van der Waals surface area (Å²) >= 11 is 0. The number of rotatable bonds is 3. The third-order valence-corrected chi connectivity index (χ3v) is 1.08. The average Bonchev–Trinajstić information content (AvgIpc) is 1.83. The summed E-state index contributed by atoms with van der Waals surface area (Å²) < 4.78 is 12.2. The minimum absolute atomic E-state index is 0.0202. The molecule has 0 nitrogen and oxygen atoms in total. The first kappa shape index (κ1) is 7.67. The Morgan fingerprint density at radius 3 is 2.62 bits per heavy atom. The number of unbranched alkanes of at least 4 members (excludes halogenated alkanes) is 1. The van der Waals surface area contributed by atoms with Crippen molar-refractivity contribution < 1.29 is 4.39 Å². The summed E-state index contributed by atoms with van der Waals surface area (Å²) in [6.07, 6.45) is 4.18. The van der Waals surface area contributed by atoms with Gasteiger partial charge in [0.1, 0.15) is 0 Å². The molecule has 0 fully saturated rings. The summed E-state index contributed by atoms with van der Waals surface area (Å²) in [6, 6.07) is 0. The predicted molar refractivity (Wildman–Crippen MR) is 34.4 cm³/mol. The number of hydrogen-bond donors (Lipinski definition) is 0. The molecule has 0 saturated heterocycles. The van der Waals surface area contributed by atoms with E-state index in [0.29, 0.717) is 6.42 Å². The third-order valence-electron chi connectivity index (χ3n) is 1.08. The Morgan fingerprint density at radius 2 is 2.25 bits per heavy atom. The number of halogens is 1. The molecular formula is C7H13F. The van der Waals surface area contributed by atoms with E-state index in [0.717, 1.165) is 12.8 Å². The highest BCUT2D eigenvalue weighted by Gasteiger charge is 1.88. The van der Waals surface area contributed by atoms with Gasteiger partial charge < -0.3 is 0 Å². The van der Waals surface area contributed by atoms with E-state index in [1.807, 2.05) is 0 Å². The van der Waals surface area contributed by atoms with Crippen LogP contribution in [0, 0.1) is 0 Å². The first-order valence-corrected chi connectivity index (χ1v) is 3.12. The molecular weight excluding hydrogens is 103 g/mol. The maximum absolute atomic E-state index is 12.2. The second-order valence-corrected chi connectivity index (χ2v) is 1.84.